The topological polar surface area (TPSA) is 75.4 Å². The number of likely N-dealkylation sites (tertiary alicyclic amines) is 1. The van der Waals surface area contributed by atoms with Crippen molar-refractivity contribution in [1.29, 1.82) is 0 Å². The highest BCUT2D eigenvalue weighted by molar-refractivity contribution is 5.87. The number of nitrogens with zero attached hydrogens (tertiary/aromatic N) is 3. The first-order valence-corrected chi connectivity index (χ1v) is 6.67. The molecule has 1 N–H and O–H groups in total. The number of amides is 1. The second-order valence-electron chi connectivity index (χ2n) is 5.23. The van der Waals surface area contributed by atoms with Crippen LogP contribution in [0, 0.1) is 5.92 Å². The zero-order chi connectivity index (χ0) is 13.6. The highest BCUT2D eigenvalue weighted by Crippen LogP contribution is 2.42. The Morgan fingerprint density at radius 2 is 2.26 bits per heavy atom. The van der Waals surface area contributed by atoms with E-state index in [1.165, 1.54) is 0 Å². The maximum Gasteiger partial charge on any atom is 0.309 e. The third-order valence-electron chi connectivity index (χ3n) is 4.03. The van der Waals surface area contributed by atoms with E-state index < -0.39 is 11.9 Å². The molecule has 19 heavy (non-hydrogen) atoms. The average Bonchev–Trinajstić information content (AvgIpc) is 3.00. The van der Waals surface area contributed by atoms with Crippen molar-refractivity contribution in [3.63, 3.8) is 0 Å². The molecule has 1 aromatic heterocycles. The summed E-state index contributed by atoms with van der Waals surface area (Å²) in [7, 11) is 0. The van der Waals surface area contributed by atoms with Gasteiger partial charge in [-0.15, -0.1) is 0 Å². The molecule has 0 aromatic carbocycles. The molecule has 0 bridgehead atoms. The van der Waals surface area contributed by atoms with Crippen molar-refractivity contribution in [2.24, 2.45) is 5.92 Å². The number of carbonyl (C=O) groups excluding carboxylic acids is 1. The van der Waals surface area contributed by atoms with E-state index in [4.69, 9.17) is 0 Å². The fourth-order valence-corrected chi connectivity index (χ4v) is 2.95. The standard InChI is InChI=1S/C13H17N3O3/c1-2-15-11(17)5-9(13(18)19)12(15)10-6-14-7-16(10)8-3-4-8/h6-9,12H,2-5H2,1H3,(H,18,19). The fraction of sp³-hybridized carbons (Fsp3) is 0.615. The highest BCUT2D eigenvalue weighted by Gasteiger charge is 2.46. The Labute approximate surface area is 111 Å². The van der Waals surface area contributed by atoms with Crippen LogP contribution in [-0.2, 0) is 9.59 Å². The molecule has 2 heterocycles. The Morgan fingerprint density at radius 3 is 2.84 bits per heavy atom. The summed E-state index contributed by atoms with van der Waals surface area (Å²) in [4.78, 5) is 29.2. The van der Waals surface area contributed by atoms with Gasteiger partial charge in [-0.2, -0.15) is 0 Å². The predicted molar refractivity (Wildman–Crippen MR) is 66.4 cm³/mol. The van der Waals surface area contributed by atoms with Crippen molar-refractivity contribution in [2.75, 3.05) is 6.54 Å². The Kier molecular flexibility index (Phi) is 2.80. The van der Waals surface area contributed by atoms with Crippen LogP contribution in [0.3, 0.4) is 0 Å². The van der Waals surface area contributed by atoms with E-state index in [9.17, 15) is 14.7 Å². The largest absolute Gasteiger partial charge is 0.481 e. The van der Waals surface area contributed by atoms with E-state index in [0.717, 1.165) is 18.5 Å². The third kappa shape index (κ3) is 1.91. The van der Waals surface area contributed by atoms with Crippen LogP contribution in [0.5, 0.6) is 0 Å². The number of carboxylic acids is 1. The lowest BCUT2D eigenvalue weighted by molar-refractivity contribution is -0.142. The van der Waals surface area contributed by atoms with Gasteiger partial charge in [0.25, 0.3) is 0 Å². The monoisotopic (exact) mass is 263 g/mol. The van der Waals surface area contributed by atoms with Crippen molar-refractivity contribution in [1.82, 2.24) is 14.5 Å². The van der Waals surface area contributed by atoms with Crippen molar-refractivity contribution < 1.29 is 14.7 Å². The van der Waals surface area contributed by atoms with Gasteiger partial charge in [-0.25, -0.2) is 4.98 Å². The highest BCUT2D eigenvalue weighted by atomic mass is 16.4. The molecule has 6 heteroatoms. The zero-order valence-electron chi connectivity index (χ0n) is 10.8. The van der Waals surface area contributed by atoms with Gasteiger partial charge in [0.05, 0.1) is 30.2 Å². The zero-order valence-corrected chi connectivity index (χ0v) is 10.8. The van der Waals surface area contributed by atoms with Crippen LogP contribution in [-0.4, -0.2) is 38.0 Å². The van der Waals surface area contributed by atoms with E-state index in [0.29, 0.717) is 12.6 Å². The minimum atomic E-state index is -0.905. The van der Waals surface area contributed by atoms with Gasteiger partial charge in [0.2, 0.25) is 5.91 Å². The van der Waals surface area contributed by atoms with Gasteiger partial charge in [0, 0.05) is 19.0 Å². The molecule has 0 radical (unpaired) electrons. The molecule has 102 valence electrons. The first-order valence-electron chi connectivity index (χ1n) is 6.67. The van der Waals surface area contributed by atoms with Crippen LogP contribution in [0.1, 0.15) is 44.0 Å². The van der Waals surface area contributed by atoms with Crippen LogP contribution in [0.25, 0.3) is 0 Å². The summed E-state index contributed by atoms with van der Waals surface area (Å²) in [5.41, 5.74) is 0.864. The minimum Gasteiger partial charge on any atom is -0.481 e. The van der Waals surface area contributed by atoms with Crippen molar-refractivity contribution in [2.45, 2.75) is 38.3 Å². The Balaban J connectivity index is 2.00. The summed E-state index contributed by atoms with van der Waals surface area (Å²) < 4.78 is 2.04. The summed E-state index contributed by atoms with van der Waals surface area (Å²) >= 11 is 0. The molecule has 3 rings (SSSR count). The van der Waals surface area contributed by atoms with E-state index >= 15 is 0 Å². The molecule has 2 unspecified atom stereocenters. The summed E-state index contributed by atoms with van der Waals surface area (Å²) in [5, 5.41) is 9.35. The molecule has 2 aliphatic rings. The number of hydrogen-bond acceptors (Lipinski definition) is 3. The molecule has 1 aliphatic heterocycles. The third-order valence-corrected chi connectivity index (χ3v) is 4.03. The summed E-state index contributed by atoms with van der Waals surface area (Å²) in [5.74, 6) is -1.65. The fourth-order valence-electron chi connectivity index (χ4n) is 2.95. The van der Waals surface area contributed by atoms with Gasteiger partial charge in [0.1, 0.15) is 0 Å². The number of carboxylic acid groups (broad SMARTS) is 1. The van der Waals surface area contributed by atoms with Gasteiger partial charge in [-0.05, 0) is 19.8 Å². The van der Waals surface area contributed by atoms with Gasteiger partial charge < -0.3 is 14.6 Å². The van der Waals surface area contributed by atoms with Crippen molar-refractivity contribution in [3.8, 4) is 0 Å². The average molecular weight is 263 g/mol. The van der Waals surface area contributed by atoms with Crippen LogP contribution in [0.4, 0.5) is 0 Å². The Bertz CT molecular complexity index is 521. The van der Waals surface area contributed by atoms with E-state index in [2.05, 4.69) is 4.98 Å². The summed E-state index contributed by atoms with van der Waals surface area (Å²) in [6.07, 6.45) is 5.76. The lowest BCUT2D eigenvalue weighted by atomic mass is 9.98. The van der Waals surface area contributed by atoms with E-state index in [1.807, 2.05) is 11.5 Å². The van der Waals surface area contributed by atoms with Crippen molar-refractivity contribution in [3.05, 3.63) is 18.2 Å². The number of imidazole rings is 1. The molecule has 6 nitrogen and oxygen atoms in total. The molecule has 2 fully saturated rings. The van der Waals surface area contributed by atoms with Crippen LogP contribution < -0.4 is 0 Å². The number of aliphatic carboxylic acids is 1. The lowest BCUT2D eigenvalue weighted by Crippen LogP contribution is -2.31. The lowest BCUT2D eigenvalue weighted by Gasteiger charge is -2.26. The van der Waals surface area contributed by atoms with Crippen molar-refractivity contribution >= 4 is 11.9 Å². The molecular weight excluding hydrogens is 246 g/mol. The number of carbonyl (C=O) groups is 2. The van der Waals surface area contributed by atoms with Crippen LogP contribution >= 0.6 is 0 Å². The second-order valence-corrected chi connectivity index (χ2v) is 5.23. The maximum atomic E-state index is 12.0. The smallest absolute Gasteiger partial charge is 0.309 e. The van der Waals surface area contributed by atoms with Gasteiger partial charge in [0.15, 0.2) is 0 Å². The molecule has 2 atom stereocenters. The normalized spacial score (nSPS) is 27.0. The number of rotatable bonds is 4. The first kappa shape index (κ1) is 12.2. The molecule has 1 saturated heterocycles. The quantitative estimate of drug-likeness (QED) is 0.886. The second kappa shape index (κ2) is 4.36. The summed E-state index contributed by atoms with van der Waals surface area (Å²) in [6.45, 7) is 2.41. The Morgan fingerprint density at radius 1 is 1.53 bits per heavy atom. The minimum absolute atomic E-state index is 0.0801. The molecule has 1 amide bonds. The molecule has 1 saturated carbocycles. The molecule has 1 aliphatic carbocycles. The molecule has 1 aromatic rings. The van der Waals surface area contributed by atoms with E-state index in [-0.39, 0.29) is 18.4 Å². The molecule has 0 spiro atoms. The van der Waals surface area contributed by atoms with Gasteiger partial charge >= 0.3 is 5.97 Å². The number of aromatic nitrogens is 2. The van der Waals surface area contributed by atoms with Gasteiger partial charge in [-0.3, -0.25) is 9.59 Å². The van der Waals surface area contributed by atoms with Crippen LogP contribution in [0.15, 0.2) is 12.5 Å². The van der Waals surface area contributed by atoms with Gasteiger partial charge in [-0.1, -0.05) is 0 Å². The maximum absolute atomic E-state index is 12.0. The number of hydrogen-bond donors (Lipinski definition) is 1. The van der Waals surface area contributed by atoms with Crippen LogP contribution in [0.2, 0.25) is 0 Å². The Hall–Kier alpha value is -1.85. The SMILES string of the molecule is CCN1C(=O)CC(C(=O)O)C1c1cncn1C1CC1. The summed E-state index contributed by atoms with van der Waals surface area (Å²) in [6, 6.07) is 0.0550. The first-order chi connectivity index (χ1) is 9.13. The molecular formula is C13H17N3O3. The van der Waals surface area contributed by atoms with E-state index in [1.54, 1.807) is 17.4 Å². The predicted octanol–water partition coefficient (Wildman–Crippen LogP) is 1.21.